The van der Waals surface area contributed by atoms with Crippen LogP contribution in [0.2, 0.25) is 0 Å². The number of aromatic nitrogens is 2. The van der Waals surface area contributed by atoms with Crippen molar-refractivity contribution in [3.63, 3.8) is 0 Å². The molecule has 1 saturated heterocycles. The first kappa shape index (κ1) is 27.8. The molecule has 1 aliphatic rings. The number of carbonyl (C=O) groups excluding carboxylic acids is 2. The van der Waals surface area contributed by atoms with Crippen LogP contribution in [0.1, 0.15) is 64.6 Å². The Bertz CT molecular complexity index is 1340. The zero-order chi connectivity index (χ0) is 27.8. The number of rotatable bonds is 7. The number of amides is 1. The number of ether oxygens (including phenoxy) is 3. The predicted molar refractivity (Wildman–Crippen MR) is 149 cm³/mol. The normalized spacial score (nSPS) is 17.8. The highest BCUT2D eigenvalue weighted by Gasteiger charge is 2.42. The molecule has 4 rings (SSSR count). The summed E-state index contributed by atoms with van der Waals surface area (Å²) in [6.45, 7) is 12.5. The molecule has 0 radical (unpaired) electrons. The number of carbonyl (C=O) groups is 2. The number of pyridine rings is 1. The van der Waals surface area contributed by atoms with Crippen LogP contribution in [0.3, 0.4) is 0 Å². The minimum Gasteiger partial charge on any atom is -0.496 e. The van der Waals surface area contributed by atoms with Gasteiger partial charge in [0.05, 0.1) is 32.0 Å². The lowest BCUT2D eigenvalue weighted by molar-refractivity contribution is -0.151. The van der Waals surface area contributed by atoms with Crippen LogP contribution in [0.5, 0.6) is 11.5 Å². The van der Waals surface area contributed by atoms with E-state index in [4.69, 9.17) is 24.2 Å². The van der Waals surface area contributed by atoms with Gasteiger partial charge in [0.15, 0.2) is 0 Å². The Kier molecular flexibility index (Phi) is 7.97. The molecule has 3 aromatic rings. The average molecular weight is 540 g/mol. The Hall–Kier alpha value is -3.20. The van der Waals surface area contributed by atoms with Crippen LogP contribution < -0.4 is 9.47 Å². The molecule has 0 N–H and O–H groups in total. The molecule has 204 valence electrons. The van der Waals surface area contributed by atoms with E-state index in [9.17, 15) is 9.59 Å². The van der Waals surface area contributed by atoms with Crippen molar-refractivity contribution in [3.05, 3.63) is 34.8 Å². The molecule has 0 aliphatic carbocycles. The van der Waals surface area contributed by atoms with Crippen molar-refractivity contribution >= 4 is 34.1 Å². The van der Waals surface area contributed by atoms with E-state index >= 15 is 0 Å². The molecule has 3 heterocycles. The number of nitrogens with zero attached hydrogens (tertiary/aromatic N) is 3. The maximum atomic E-state index is 13.1. The zero-order valence-electron chi connectivity index (χ0n) is 23.5. The van der Waals surface area contributed by atoms with E-state index in [2.05, 4.69) is 19.2 Å². The van der Waals surface area contributed by atoms with E-state index in [1.165, 1.54) is 7.11 Å². The molecule has 1 fully saturated rings. The van der Waals surface area contributed by atoms with Crippen LogP contribution in [-0.2, 0) is 14.3 Å². The lowest BCUT2D eigenvalue weighted by Gasteiger charge is -2.26. The van der Waals surface area contributed by atoms with Gasteiger partial charge in [0.2, 0.25) is 5.91 Å². The fourth-order valence-corrected chi connectivity index (χ4v) is 5.67. The van der Waals surface area contributed by atoms with Crippen molar-refractivity contribution in [2.75, 3.05) is 20.8 Å². The Morgan fingerprint density at radius 1 is 1.16 bits per heavy atom. The van der Waals surface area contributed by atoms with E-state index in [0.29, 0.717) is 36.7 Å². The second-order valence-corrected chi connectivity index (χ2v) is 12.2. The van der Waals surface area contributed by atoms with Crippen LogP contribution >= 0.6 is 11.3 Å². The molecule has 9 heteroatoms. The molecule has 1 amide bonds. The van der Waals surface area contributed by atoms with Gasteiger partial charge in [-0.1, -0.05) is 34.6 Å². The maximum absolute atomic E-state index is 13.1. The van der Waals surface area contributed by atoms with Crippen molar-refractivity contribution in [3.8, 4) is 22.2 Å². The number of likely N-dealkylation sites (tertiary alicyclic amines) is 1. The minimum absolute atomic E-state index is 0.0798. The van der Waals surface area contributed by atoms with Crippen LogP contribution in [0, 0.1) is 12.3 Å². The van der Waals surface area contributed by atoms with Gasteiger partial charge in [0.25, 0.3) is 0 Å². The third-order valence-electron chi connectivity index (χ3n) is 6.73. The predicted octanol–water partition coefficient (Wildman–Crippen LogP) is 5.76. The Balaban J connectivity index is 1.73. The maximum Gasteiger partial charge on any atom is 0.328 e. The van der Waals surface area contributed by atoms with Crippen molar-refractivity contribution in [2.24, 2.45) is 5.41 Å². The number of esters is 1. The Morgan fingerprint density at radius 2 is 1.89 bits per heavy atom. The fourth-order valence-electron chi connectivity index (χ4n) is 4.73. The summed E-state index contributed by atoms with van der Waals surface area (Å²) in [5.74, 6) is 1.17. The summed E-state index contributed by atoms with van der Waals surface area (Å²) in [5.41, 5.74) is 3.19. The fraction of sp³-hybridized carbons (Fsp3) is 0.517. The molecule has 2 aromatic heterocycles. The third kappa shape index (κ3) is 5.77. The molecule has 2 atom stereocenters. The monoisotopic (exact) mass is 539 g/mol. The van der Waals surface area contributed by atoms with E-state index in [1.54, 1.807) is 23.3 Å². The number of methoxy groups -OCH3 is 2. The van der Waals surface area contributed by atoms with Gasteiger partial charge in [-0.2, -0.15) is 0 Å². The minimum atomic E-state index is -0.679. The van der Waals surface area contributed by atoms with Gasteiger partial charge < -0.3 is 19.1 Å². The van der Waals surface area contributed by atoms with E-state index in [1.807, 2.05) is 45.9 Å². The Morgan fingerprint density at radius 3 is 2.50 bits per heavy atom. The van der Waals surface area contributed by atoms with Gasteiger partial charge in [-0.3, -0.25) is 4.79 Å². The van der Waals surface area contributed by atoms with Gasteiger partial charge in [-0.15, -0.1) is 11.3 Å². The molecule has 0 unspecified atom stereocenters. The zero-order valence-corrected chi connectivity index (χ0v) is 24.3. The number of aryl methyl sites for hydroxylation is 1. The van der Waals surface area contributed by atoms with Crippen molar-refractivity contribution < 1.29 is 23.8 Å². The quantitative estimate of drug-likeness (QED) is 0.353. The number of benzene rings is 1. The van der Waals surface area contributed by atoms with Gasteiger partial charge in [0, 0.05) is 35.2 Å². The summed E-state index contributed by atoms with van der Waals surface area (Å²) in [7, 11) is 2.99. The van der Waals surface area contributed by atoms with Crippen molar-refractivity contribution in [1.29, 1.82) is 0 Å². The standard InChI is InChI=1S/C29H37N3O5S/c1-16(2)21-15-38-27(31-21)20-12-24(19-9-10-23(35-7)17(3)26(19)30-20)37-18-11-22(28(34)36-8)32(14-18)25(33)13-29(4,5)6/h9-10,12,15-16,18,22H,11,13-14H2,1-8H3/t18-,22+/m1/s1. The molecule has 8 nitrogen and oxygen atoms in total. The molecular weight excluding hydrogens is 502 g/mol. The topological polar surface area (TPSA) is 90.8 Å². The van der Waals surface area contributed by atoms with E-state index in [-0.39, 0.29) is 17.4 Å². The third-order valence-corrected chi connectivity index (χ3v) is 7.61. The largest absolute Gasteiger partial charge is 0.496 e. The SMILES string of the molecule is COC(=O)[C@@H]1C[C@@H](Oc2cc(-c3nc(C(C)C)cs3)nc3c(C)c(OC)ccc23)CN1C(=O)CC(C)(C)C. The van der Waals surface area contributed by atoms with Gasteiger partial charge in [-0.05, 0) is 30.4 Å². The number of hydrogen-bond acceptors (Lipinski definition) is 8. The first-order valence-electron chi connectivity index (χ1n) is 12.9. The lowest BCUT2D eigenvalue weighted by Crippen LogP contribution is -2.42. The van der Waals surface area contributed by atoms with E-state index < -0.39 is 12.0 Å². The van der Waals surface area contributed by atoms with Crippen LogP contribution in [0.4, 0.5) is 0 Å². The molecular formula is C29H37N3O5S. The van der Waals surface area contributed by atoms with Crippen molar-refractivity contribution in [1.82, 2.24) is 14.9 Å². The molecule has 38 heavy (non-hydrogen) atoms. The highest BCUT2D eigenvalue weighted by atomic mass is 32.1. The van der Waals surface area contributed by atoms with Crippen LogP contribution in [0.15, 0.2) is 23.6 Å². The first-order chi connectivity index (χ1) is 17.9. The van der Waals surface area contributed by atoms with Crippen molar-refractivity contribution in [2.45, 2.75) is 72.4 Å². The van der Waals surface area contributed by atoms with Crippen LogP contribution in [-0.4, -0.2) is 59.7 Å². The van der Waals surface area contributed by atoms with Gasteiger partial charge >= 0.3 is 5.97 Å². The lowest BCUT2D eigenvalue weighted by atomic mass is 9.91. The first-order valence-corrected chi connectivity index (χ1v) is 13.8. The second kappa shape index (κ2) is 10.9. The Labute approximate surface area is 228 Å². The molecule has 0 saturated carbocycles. The summed E-state index contributed by atoms with van der Waals surface area (Å²) >= 11 is 1.55. The highest BCUT2D eigenvalue weighted by molar-refractivity contribution is 7.13. The number of thiazole rings is 1. The smallest absolute Gasteiger partial charge is 0.328 e. The number of fused-ring (bicyclic) bond motifs is 1. The van der Waals surface area contributed by atoms with Gasteiger partial charge in [-0.25, -0.2) is 14.8 Å². The molecule has 0 bridgehead atoms. The summed E-state index contributed by atoms with van der Waals surface area (Å²) in [4.78, 5) is 37.1. The highest BCUT2D eigenvalue weighted by Crippen LogP contribution is 2.38. The summed E-state index contributed by atoms with van der Waals surface area (Å²) in [5, 5.41) is 3.70. The summed E-state index contributed by atoms with van der Waals surface area (Å²) < 4.78 is 17.1. The second-order valence-electron chi connectivity index (χ2n) is 11.3. The van der Waals surface area contributed by atoms with E-state index in [0.717, 1.165) is 32.9 Å². The van der Waals surface area contributed by atoms with Gasteiger partial charge in [0.1, 0.15) is 34.3 Å². The molecule has 0 spiro atoms. The summed E-state index contributed by atoms with van der Waals surface area (Å²) in [6.07, 6.45) is 0.300. The molecule has 1 aliphatic heterocycles. The van der Waals surface area contributed by atoms with Crippen LogP contribution in [0.25, 0.3) is 21.6 Å². The average Bonchev–Trinajstić information content (AvgIpc) is 3.51. The number of hydrogen-bond donors (Lipinski definition) is 0. The molecule has 1 aromatic carbocycles. The summed E-state index contributed by atoms with van der Waals surface area (Å²) in [6, 6.07) is 5.06.